The van der Waals surface area contributed by atoms with Gasteiger partial charge in [-0.1, -0.05) is 13.8 Å². The molecule has 19 heavy (non-hydrogen) atoms. The zero-order valence-electron chi connectivity index (χ0n) is 11.4. The molecule has 0 spiro atoms. The van der Waals surface area contributed by atoms with Crippen LogP contribution in [0.4, 0.5) is 5.82 Å². The molecule has 1 fully saturated rings. The van der Waals surface area contributed by atoms with E-state index >= 15 is 0 Å². The molecule has 1 saturated carbocycles. The molecule has 0 unspecified atom stereocenters. The number of anilines is 1. The maximum atomic E-state index is 12.7. The third-order valence-electron chi connectivity index (χ3n) is 3.27. The summed E-state index contributed by atoms with van der Waals surface area (Å²) in [6.45, 7) is 4.74. The summed E-state index contributed by atoms with van der Waals surface area (Å²) in [6, 6.07) is 3.28. The maximum absolute atomic E-state index is 12.7. The Morgan fingerprint density at radius 1 is 1.47 bits per heavy atom. The molecular formula is C13H21N3O2S. The van der Waals surface area contributed by atoms with Crippen molar-refractivity contribution in [3.05, 3.63) is 18.3 Å². The SMILES string of the molecule is CC(C)CCN(C1CC1)S(=O)(=O)c1cccnc1N. The van der Waals surface area contributed by atoms with Crippen molar-refractivity contribution >= 4 is 15.8 Å². The van der Waals surface area contributed by atoms with Crippen molar-refractivity contribution in [2.24, 2.45) is 5.92 Å². The van der Waals surface area contributed by atoms with Gasteiger partial charge >= 0.3 is 0 Å². The molecule has 1 aliphatic carbocycles. The standard InChI is InChI=1S/C13H21N3O2S/c1-10(2)7-9-16(11-5-6-11)19(17,18)12-4-3-8-15-13(12)14/h3-4,8,10-11H,5-7,9H2,1-2H3,(H2,14,15). The van der Waals surface area contributed by atoms with Crippen LogP contribution in [0.15, 0.2) is 23.2 Å². The highest BCUT2D eigenvalue weighted by atomic mass is 32.2. The lowest BCUT2D eigenvalue weighted by molar-refractivity contribution is 0.373. The van der Waals surface area contributed by atoms with E-state index in [0.29, 0.717) is 12.5 Å². The van der Waals surface area contributed by atoms with Gasteiger partial charge in [-0.15, -0.1) is 0 Å². The van der Waals surface area contributed by atoms with Gasteiger partial charge in [0.1, 0.15) is 10.7 Å². The van der Waals surface area contributed by atoms with Crippen LogP contribution < -0.4 is 5.73 Å². The number of nitrogens with two attached hydrogens (primary N) is 1. The summed E-state index contributed by atoms with van der Waals surface area (Å²) in [5.74, 6) is 0.556. The minimum absolute atomic E-state index is 0.0812. The molecule has 2 rings (SSSR count). The highest BCUT2D eigenvalue weighted by molar-refractivity contribution is 7.89. The average Bonchev–Trinajstić information content (AvgIpc) is 3.13. The number of hydrogen-bond donors (Lipinski definition) is 1. The molecule has 106 valence electrons. The lowest BCUT2D eigenvalue weighted by atomic mass is 10.1. The first-order valence-electron chi connectivity index (χ1n) is 6.65. The van der Waals surface area contributed by atoms with Gasteiger partial charge in [0, 0.05) is 18.8 Å². The average molecular weight is 283 g/mol. The van der Waals surface area contributed by atoms with E-state index in [1.165, 1.54) is 12.3 Å². The predicted octanol–water partition coefficient (Wildman–Crippen LogP) is 1.86. The second kappa shape index (κ2) is 5.46. The highest BCUT2D eigenvalue weighted by Gasteiger charge is 2.38. The molecule has 0 aliphatic heterocycles. The fourth-order valence-corrected chi connectivity index (χ4v) is 3.76. The van der Waals surface area contributed by atoms with E-state index < -0.39 is 10.0 Å². The number of rotatable bonds is 6. The molecule has 6 heteroatoms. The molecule has 0 bridgehead atoms. The largest absolute Gasteiger partial charge is 0.383 e. The summed E-state index contributed by atoms with van der Waals surface area (Å²) in [4.78, 5) is 4.00. The van der Waals surface area contributed by atoms with E-state index in [2.05, 4.69) is 18.8 Å². The first kappa shape index (κ1) is 14.3. The molecule has 1 aromatic rings. The summed E-state index contributed by atoms with van der Waals surface area (Å²) in [7, 11) is -3.52. The van der Waals surface area contributed by atoms with E-state index in [0.717, 1.165) is 19.3 Å². The van der Waals surface area contributed by atoms with Crippen molar-refractivity contribution in [3.63, 3.8) is 0 Å². The number of pyridine rings is 1. The number of nitrogen functional groups attached to an aromatic ring is 1. The topological polar surface area (TPSA) is 76.3 Å². The number of hydrogen-bond acceptors (Lipinski definition) is 4. The molecule has 0 amide bonds. The van der Waals surface area contributed by atoms with Crippen molar-refractivity contribution in [1.29, 1.82) is 0 Å². The van der Waals surface area contributed by atoms with Crippen molar-refractivity contribution in [2.45, 2.75) is 44.0 Å². The molecule has 0 aromatic carbocycles. The van der Waals surface area contributed by atoms with Gasteiger partial charge in [0.25, 0.3) is 0 Å². The van der Waals surface area contributed by atoms with Crippen LogP contribution in [0.5, 0.6) is 0 Å². The smallest absolute Gasteiger partial charge is 0.246 e. The van der Waals surface area contributed by atoms with Gasteiger partial charge in [0.2, 0.25) is 10.0 Å². The molecule has 2 N–H and O–H groups in total. The highest BCUT2D eigenvalue weighted by Crippen LogP contribution is 2.33. The van der Waals surface area contributed by atoms with E-state index in [1.54, 1.807) is 10.4 Å². The van der Waals surface area contributed by atoms with Crippen LogP contribution in [0, 0.1) is 5.92 Å². The summed E-state index contributed by atoms with van der Waals surface area (Å²) in [6.07, 6.45) is 4.24. The van der Waals surface area contributed by atoms with Crippen LogP contribution in [0.3, 0.4) is 0 Å². The zero-order valence-corrected chi connectivity index (χ0v) is 12.2. The lowest BCUT2D eigenvalue weighted by Crippen LogP contribution is -2.35. The molecule has 5 nitrogen and oxygen atoms in total. The van der Waals surface area contributed by atoms with Crippen molar-refractivity contribution < 1.29 is 8.42 Å². The Labute approximate surface area is 114 Å². The number of sulfonamides is 1. The predicted molar refractivity (Wildman–Crippen MR) is 75.0 cm³/mol. The van der Waals surface area contributed by atoms with Crippen LogP contribution in [-0.4, -0.2) is 30.3 Å². The second-order valence-corrected chi connectivity index (χ2v) is 7.28. The Bertz CT molecular complexity index is 539. The van der Waals surface area contributed by atoms with Gasteiger partial charge in [0.15, 0.2) is 0 Å². The summed E-state index contributed by atoms with van der Waals surface area (Å²) >= 11 is 0. The van der Waals surface area contributed by atoms with Gasteiger partial charge in [-0.05, 0) is 37.3 Å². The Morgan fingerprint density at radius 2 is 2.16 bits per heavy atom. The van der Waals surface area contributed by atoms with Gasteiger partial charge in [-0.25, -0.2) is 13.4 Å². The van der Waals surface area contributed by atoms with Crippen LogP contribution in [0.25, 0.3) is 0 Å². The molecular weight excluding hydrogens is 262 g/mol. The Morgan fingerprint density at radius 3 is 2.68 bits per heavy atom. The van der Waals surface area contributed by atoms with E-state index in [9.17, 15) is 8.42 Å². The zero-order chi connectivity index (χ0) is 14.0. The van der Waals surface area contributed by atoms with Crippen LogP contribution >= 0.6 is 0 Å². The monoisotopic (exact) mass is 283 g/mol. The van der Waals surface area contributed by atoms with Crippen molar-refractivity contribution in [3.8, 4) is 0 Å². The van der Waals surface area contributed by atoms with Crippen molar-refractivity contribution in [2.75, 3.05) is 12.3 Å². The van der Waals surface area contributed by atoms with Crippen LogP contribution in [0.2, 0.25) is 0 Å². The van der Waals surface area contributed by atoms with E-state index in [1.807, 2.05) is 0 Å². The van der Waals surface area contributed by atoms with Crippen molar-refractivity contribution in [1.82, 2.24) is 9.29 Å². The summed E-state index contributed by atoms with van der Waals surface area (Å²) in [5, 5.41) is 0. The molecule has 0 atom stereocenters. The molecule has 1 aliphatic rings. The number of nitrogens with zero attached hydrogens (tertiary/aromatic N) is 2. The Hall–Kier alpha value is -1.14. The van der Waals surface area contributed by atoms with Crippen LogP contribution in [0.1, 0.15) is 33.1 Å². The third kappa shape index (κ3) is 3.25. The van der Waals surface area contributed by atoms with E-state index in [4.69, 9.17) is 5.73 Å². The Kier molecular flexibility index (Phi) is 4.10. The van der Waals surface area contributed by atoms with Gasteiger partial charge in [-0.3, -0.25) is 0 Å². The minimum atomic E-state index is -3.52. The normalized spacial score (nSPS) is 16.2. The van der Waals surface area contributed by atoms with Gasteiger partial charge in [-0.2, -0.15) is 4.31 Å². The fraction of sp³-hybridized carbons (Fsp3) is 0.615. The first-order chi connectivity index (χ1) is 8.93. The quantitative estimate of drug-likeness (QED) is 0.864. The maximum Gasteiger partial charge on any atom is 0.246 e. The lowest BCUT2D eigenvalue weighted by Gasteiger charge is -2.23. The van der Waals surface area contributed by atoms with E-state index in [-0.39, 0.29) is 16.8 Å². The first-order valence-corrected chi connectivity index (χ1v) is 8.09. The fourth-order valence-electron chi connectivity index (χ4n) is 1.99. The molecule has 0 radical (unpaired) electrons. The second-order valence-electron chi connectivity index (χ2n) is 5.42. The van der Waals surface area contributed by atoms with Gasteiger partial charge < -0.3 is 5.73 Å². The number of aromatic nitrogens is 1. The van der Waals surface area contributed by atoms with Gasteiger partial charge in [0.05, 0.1) is 0 Å². The third-order valence-corrected chi connectivity index (χ3v) is 5.27. The molecule has 0 saturated heterocycles. The Balaban J connectivity index is 2.27. The summed E-state index contributed by atoms with van der Waals surface area (Å²) < 4.78 is 26.9. The molecule has 1 aromatic heterocycles. The van der Waals surface area contributed by atoms with Crippen LogP contribution in [-0.2, 0) is 10.0 Å². The minimum Gasteiger partial charge on any atom is -0.383 e. The molecule has 1 heterocycles. The summed E-state index contributed by atoms with van der Waals surface area (Å²) in [5.41, 5.74) is 5.70.